The summed E-state index contributed by atoms with van der Waals surface area (Å²) in [4.78, 5) is 10.6. The highest BCUT2D eigenvalue weighted by Gasteiger charge is 1.95. The van der Waals surface area contributed by atoms with Crippen LogP contribution in [0.1, 0.15) is 11.4 Å². The summed E-state index contributed by atoms with van der Waals surface area (Å²) < 4.78 is 0. The number of hydrogen-bond acceptors (Lipinski definition) is 3. The highest BCUT2D eigenvalue weighted by Crippen LogP contribution is 2.00. The lowest BCUT2D eigenvalue weighted by atomic mass is 10.3. The SMILES string of the molecule is Cc1nccnc1CN=[N+]=[N-]. The Labute approximate surface area is 63.7 Å². The molecule has 0 bridgehead atoms. The smallest absolute Gasteiger partial charge is 0.0702 e. The van der Waals surface area contributed by atoms with Crippen LogP contribution in [0, 0.1) is 6.92 Å². The molecule has 0 aliphatic heterocycles. The lowest BCUT2D eigenvalue weighted by Crippen LogP contribution is -1.93. The summed E-state index contributed by atoms with van der Waals surface area (Å²) in [6.45, 7) is 2.10. The molecule has 1 aromatic heterocycles. The van der Waals surface area contributed by atoms with E-state index in [-0.39, 0.29) is 6.54 Å². The van der Waals surface area contributed by atoms with Crippen LogP contribution in [0.2, 0.25) is 0 Å². The lowest BCUT2D eigenvalue weighted by Gasteiger charge is -1.96. The number of nitrogens with zero attached hydrogens (tertiary/aromatic N) is 5. The van der Waals surface area contributed by atoms with Crippen LogP contribution in [0.5, 0.6) is 0 Å². The molecule has 0 unspecified atom stereocenters. The lowest BCUT2D eigenvalue weighted by molar-refractivity contribution is 0.920. The highest BCUT2D eigenvalue weighted by molar-refractivity contribution is 5.07. The number of azide groups is 1. The molecular formula is C6H7N5. The minimum Gasteiger partial charge on any atom is -0.258 e. The Morgan fingerprint density at radius 1 is 1.55 bits per heavy atom. The van der Waals surface area contributed by atoms with Gasteiger partial charge in [0.2, 0.25) is 0 Å². The Balaban J connectivity index is 2.85. The third-order valence-electron chi connectivity index (χ3n) is 1.27. The fourth-order valence-corrected chi connectivity index (χ4v) is 0.690. The van der Waals surface area contributed by atoms with E-state index in [9.17, 15) is 0 Å². The van der Waals surface area contributed by atoms with E-state index in [0.29, 0.717) is 0 Å². The van der Waals surface area contributed by atoms with E-state index in [4.69, 9.17) is 5.53 Å². The molecule has 0 aliphatic carbocycles. The van der Waals surface area contributed by atoms with Gasteiger partial charge in [-0.1, -0.05) is 5.11 Å². The Bertz CT molecular complexity index is 289. The van der Waals surface area contributed by atoms with Crippen molar-refractivity contribution in [2.45, 2.75) is 13.5 Å². The van der Waals surface area contributed by atoms with E-state index in [1.54, 1.807) is 12.4 Å². The van der Waals surface area contributed by atoms with Crippen LogP contribution in [0.15, 0.2) is 17.5 Å². The van der Waals surface area contributed by atoms with E-state index in [1.165, 1.54) is 0 Å². The largest absolute Gasteiger partial charge is 0.258 e. The summed E-state index contributed by atoms with van der Waals surface area (Å²) in [5.41, 5.74) is 9.56. The minimum atomic E-state index is 0.274. The topological polar surface area (TPSA) is 74.5 Å². The van der Waals surface area contributed by atoms with Crippen molar-refractivity contribution in [2.24, 2.45) is 5.11 Å². The first-order valence-corrected chi connectivity index (χ1v) is 3.12. The van der Waals surface area contributed by atoms with Crippen LogP contribution in [0.4, 0.5) is 0 Å². The first-order valence-electron chi connectivity index (χ1n) is 3.12. The fourth-order valence-electron chi connectivity index (χ4n) is 0.690. The molecule has 1 heterocycles. The molecule has 0 saturated heterocycles. The van der Waals surface area contributed by atoms with Crippen molar-refractivity contribution >= 4 is 0 Å². The maximum atomic E-state index is 8.03. The molecular weight excluding hydrogens is 142 g/mol. The van der Waals surface area contributed by atoms with Gasteiger partial charge < -0.3 is 0 Å². The summed E-state index contributed by atoms with van der Waals surface area (Å²) >= 11 is 0. The third-order valence-corrected chi connectivity index (χ3v) is 1.27. The van der Waals surface area contributed by atoms with Crippen molar-refractivity contribution in [2.75, 3.05) is 0 Å². The van der Waals surface area contributed by atoms with Crippen LogP contribution in [0.25, 0.3) is 10.4 Å². The zero-order chi connectivity index (χ0) is 8.10. The van der Waals surface area contributed by atoms with Crippen LogP contribution < -0.4 is 0 Å². The predicted molar refractivity (Wildman–Crippen MR) is 39.6 cm³/mol. The Morgan fingerprint density at radius 2 is 2.27 bits per heavy atom. The number of aryl methyl sites for hydroxylation is 1. The van der Waals surface area contributed by atoms with E-state index >= 15 is 0 Å². The summed E-state index contributed by atoms with van der Waals surface area (Å²) in [7, 11) is 0. The van der Waals surface area contributed by atoms with Crippen molar-refractivity contribution in [3.63, 3.8) is 0 Å². The summed E-state index contributed by atoms with van der Waals surface area (Å²) in [6, 6.07) is 0. The quantitative estimate of drug-likeness (QED) is 0.363. The Hall–Kier alpha value is -1.61. The zero-order valence-electron chi connectivity index (χ0n) is 6.10. The molecule has 0 fully saturated rings. The van der Waals surface area contributed by atoms with Gasteiger partial charge >= 0.3 is 0 Å². The number of hydrogen-bond donors (Lipinski definition) is 0. The molecule has 0 aromatic carbocycles. The van der Waals surface area contributed by atoms with E-state index in [0.717, 1.165) is 11.4 Å². The molecule has 5 nitrogen and oxygen atoms in total. The molecule has 5 heteroatoms. The first kappa shape index (κ1) is 7.50. The predicted octanol–water partition coefficient (Wildman–Crippen LogP) is 1.60. The average Bonchev–Trinajstić information content (AvgIpc) is 2.03. The van der Waals surface area contributed by atoms with Crippen molar-refractivity contribution in [3.05, 3.63) is 34.2 Å². The second-order valence-corrected chi connectivity index (χ2v) is 1.98. The maximum absolute atomic E-state index is 8.03. The van der Waals surface area contributed by atoms with Crippen LogP contribution in [-0.2, 0) is 6.54 Å². The van der Waals surface area contributed by atoms with E-state index in [2.05, 4.69) is 20.0 Å². The van der Waals surface area contributed by atoms with Gasteiger partial charge in [0, 0.05) is 17.3 Å². The molecule has 56 valence electrons. The van der Waals surface area contributed by atoms with Gasteiger partial charge in [0.25, 0.3) is 0 Å². The molecule has 1 aromatic rings. The van der Waals surface area contributed by atoms with Gasteiger partial charge in [0.1, 0.15) is 0 Å². The third kappa shape index (κ3) is 1.91. The van der Waals surface area contributed by atoms with Gasteiger partial charge in [0.05, 0.1) is 17.9 Å². The molecule has 0 aliphatic rings. The molecule has 0 spiro atoms. The highest BCUT2D eigenvalue weighted by atomic mass is 15.1. The van der Waals surface area contributed by atoms with Crippen LogP contribution in [0.3, 0.4) is 0 Å². The first-order chi connectivity index (χ1) is 5.34. The van der Waals surface area contributed by atoms with E-state index in [1.807, 2.05) is 6.92 Å². The molecule has 0 atom stereocenters. The normalized spacial score (nSPS) is 8.82. The Kier molecular flexibility index (Phi) is 2.41. The van der Waals surface area contributed by atoms with Gasteiger partial charge in [-0.25, -0.2) is 0 Å². The number of aromatic nitrogens is 2. The molecule has 11 heavy (non-hydrogen) atoms. The van der Waals surface area contributed by atoms with Crippen molar-refractivity contribution in [1.29, 1.82) is 0 Å². The van der Waals surface area contributed by atoms with Crippen molar-refractivity contribution in [1.82, 2.24) is 9.97 Å². The standard InChI is InChI=1S/C6H7N5/c1-5-6(4-10-11-7)9-3-2-8-5/h2-3H,4H2,1H3. The fraction of sp³-hybridized carbons (Fsp3) is 0.333. The van der Waals surface area contributed by atoms with Crippen LogP contribution >= 0.6 is 0 Å². The molecule has 0 saturated carbocycles. The Morgan fingerprint density at radius 3 is 2.91 bits per heavy atom. The average molecular weight is 149 g/mol. The molecule has 1 rings (SSSR count). The van der Waals surface area contributed by atoms with Gasteiger partial charge in [-0.2, -0.15) is 0 Å². The minimum absolute atomic E-state index is 0.274. The second kappa shape index (κ2) is 3.53. The molecule has 0 amide bonds. The molecule has 0 radical (unpaired) electrons. The number of rotatable bonds is 2. The van der Waals surface area contributed by atoms with Gasteiger partial charge in [-0.05, 0) is 12.5 Å². The van der Waals surface area contributed by atoms with Crippen LogP contribution in [-0.4, -0.2) is 9.97 Å². The van der Waals surface area contributed by atoms with E-state index < -0.39 is 0 Å². The summed E-state index contributed by atoms with van der Waals surface area (Å²) in [6.07, 6.45) is 3.18. The maximum Gasteiger partial charge on any atom is 0.0702 e. The van der Waals surface area contributed by atoms with Crippen molar-refractivity contribution < 1.29 is 0 Å². The van der Waals surface area contributed by atoms with Crippen molar-refractivity contribution in [3.8, 4) is 0 Å². The summed E-state index contributed by atoms with van der Waals surface area (Å²) in [5, 5.41) is 3.38. The van der Waals surface area contributed by atoms with Gasteiger partial charge in [-0.3, -0.25) is 9.97 Å². The monoisotopic (exact) mass is 149 g/mol. The van der Waals surface area contributed by atoms with Gasteiger partial charge in [-0.15, -0.1) is 0 Å². The second-order valence-electron chi connectivity index (χ2n) is 1.98. The van der Waals surface area contributed by atoms with Gasteiger partial charge in [0.15, 0.2) is 0 Å². The summed E-state index contributed by atoms with van der Waals surface area (Å²) in [5.74, 6) is 0. The zero-order valence-corrected chi connectivity index (χ0v) is 6.10. The molecule has 0 N–H and O–H groups in total.